The number of carbonyl (C=O) groups excluding carboxylic acids is 2. The van der Waals surface area contributed by atoms with Crippen molar-refractivity contribution in [1.82, 2.24) is 4.90 Å². The summed E-state index contributed by atoms with van der Waals surface area (Å²) in [5.41, 5.74) is 5.65. The summed E-state index contributed by atoms with van der Waals surface area (Å²) in [5, 5.41) is 0. The molecule has 0 unspecified atom stereocenters. The van der Waals surface area contributed by atoms with Crippen LogP contribution in [0.5, 0.6) is 5.75 Å². The molecule has 4 heteroatoms. The van der Waals surface area contributed by atoms with Gasteiger partial charge >= 0.3 is 0 Å². The molecule has 180 valence electrons. The molecule has 0 aromatic heterocycles. The molecule has 4 nitrogen and oxygen atoms in total. The lowest BCUT2D eigenvalue weighted by molar-refractivity contribution is 0.0651. The minimum Gasteiger partial charge on any atom is -0.493 e. The van der Waals surface area contributed by atoms with Gasteiger partial charge in [-0.1, -0.05) is 97.8 Å². The van der Waals surface area contributed by atoms with Crippen LogP contribution < -0.4 is 4.74 Å². The number of imide groups is 1. The van der Waals surface area contributed by atoms with Crippen molar-refractivity contribution in [3.63, 3.8) is 0 Å². The van der Waals surface area contributed by atoms with E-state index in [1.807, 2.05) is 24.3 Å². The van der Waals surface area contributed by atoms with Gasteiger partial charge in [0.1, 0.15) is 5.75 Å². The van der Waals surface area contributed by atoms with Crippen LogP contribution in [0.1, 0.15) is 46.4 Å². The van der Waals surface area contributed by atoms with Crippen LogP contribution in [0.25, 0.3) is 22.3 Å². The molecular weight excluding hydrogens is 446 g/mol. The van der Waals surface area contributed by atoms with E-state index in [4.69, 9.17) is 4.74 Å². The lowest BCUT2D eigenvalue weighted by Gasteiger charge is -2.14. The van der Waals surface area contributed by atoms with Crippen LogP contribution in [0.4, 0.5) is 0 Å². The van der Waals surface area contributed by atoms with E-state index in [9.17, 15) is 9.59 Å². The maximum absolute atomic E-state index is 12.5. The molecule has 0 saturated carbocycles. The summed E-state index contributed by atoms with van der Waals surface area (Å²) in [5.74, 6) is 0.538. The Balaban J connectivity index is 1.09. The summed E-state index contributed by atoms with van der Waals surface area (Å²) in [6.07, 6.45) is 3.65. The number of hydrogen-bond acceptors (Lipinski definition) is 3. The van der Waals surface area contributed by atoms with Crippen LogP contribution in [0.2, 0.25) is 0 Å². The molecule has 5 rings (SSSR count). The quantitative estimate of drug-likeness (QED) is 0.179. The Hall–Kier alpha value is -4.18. The molecule has 0 N–H and O–H groups in total. The van der Waals surface area contributed by atoms with E-state index in [1.54, 1.807) is 24.3 Å². The molecule has 1 aliphatic rings. The van der Waals surface area contributed by atoms with Gasteiger partial charge in [-0.3, -0.25) is 14.5 Å². The Kier molecular flexibility index (Phi) is 7.23. The first-order valence-electron chi connectivity index (χ1n) is 12.6. The average Bonchev–Trinajstić information content (AvgIpc) is 3.18. The van der Waals surface area contributed by atoms with E-state index in [0.29, 0.717) is 24.3 Å². The maximum atomic E-state index is 12.5. The number of unbranched alkanes of at least 4 members (excludes halogenated alkanes) is 3. The van der Waals surface area contributed by atoms with Crippen molar-refractivity contribution >= 4 is 11.8 Å². The number of carbonyl (C=O) groups is 2. The maximum Gasteiger partial charge on any atom is 0.261 e. The first-order valence-corrected chi connectivity index (χ1v) is 12.6. The van der Waals surface area contributed by atoms with Gasteiger partial charge < -0.3 is 4.74 Å². The zero-order valence-electron chi connectivity index (χ0n) is 20.2. The first kappa shape index (κ1) is 23.6. The minimum atomic E-state index is -0.174. The van der Waals surface area contributed by atoms with Crippen molar-refractivity contribution in [2.45, 2.75) is 25.7 Å². The van der Waals surface area contributed by atoms with Crippen LogP contribution in [0, 0.1) is 0 Å². The van der Waals surface area contributed by atoms with Crippen molar-refractivity contribution < 1.29 is 14.3 Å². The van der Waals surface area contributed by atoms with Gasteiger partial charge in [0.25, 0.3) is 11.8 Å². The topological polar surface area (TPSA) is 46.6 Å². The number of hydrogen-bond donors (Lipinski definition) is 0. The third-order valence-electron chi connectivity index (χ3n) is 6.60. The Morgan fingerprint density at radius 2 is 1.03 bits per heavy atom. The van der Waals surface area contributed by atoms with Crippen molar-refractivity contribution in [2.75, 3.05) is 13.2 Å². The highest BCUT2D eigenvalue weighted by Crippen LogP contribution is 2.32. The van der Waals surface area contributed by atoms with Crippen LogP contribution in [0.3, 0.4) is 0 Å². The minimum absolute atomic E-state index is 0.174. The average molecular weight is 476 g/mol. The summed E-state index contributed by atoms with van der Waals surface area (Å²) >= 11 is 0. The van der Waals surface area contributed by atoms with Gasteiger partial charge in [-0.2, -0.15) is 0 Å². The third kappa shape index (κ3) is 5.08. The molecule has 0 radical (unpaired) electrons. The fourth-order valence-corrected chi connectivity index (χ4v) is 4.65. The number of benzene rings is 4. The number of amides is 2. The summed E-state index contributed by atoms with van der Waals surface area (Å²) in [6, 6.07) is 34.1. The molecule has 1 aliphatic heterocycles. The standard InChI is InChI=1S/C32H29NO3/c34-31-28-15-6-7-16-29(28)32(35)33(31)22-10-1-2-11-23-36-30-17-9-8-14-27(30)26-20-18-25(19-21-26)24-12-4-3-5-13-24/h3-9,12-21H,1-2,10-11,22-23H2. The van der Waals surface area contributed by atoms with Crippen LogP contribution in [0.15, 0.2) is 103 Å². The summed E-state index contributed by atoms with van der Waals surface area (Å²) in [6.45, 7) is 1.10. The molecule has 4 aromatic carbocycles. The highest BCUT2D eigenvalue weighted by atomic mass is 16.5. The highest BCUT2D eigenvalue weighted by molar-refractivity contribution is 6.21. The molecule has 0 atom stereocenters. The molecule has 0 spiro atoms. The molecule has 0 saturated heterocycles. The van der Waals surface area contributed by atoms with Gasteiger partial charge in [0, 0.05) is 12.1 Å². The highest BCUT2D eigenvalue weighted by Gasteiger charge is 2.34. The van der Waals surface area contributed by atoms with E-state index >= 15 is 0 Å². The van der Waals surface area contributed by atoms with Crippen LogP contribution in [-0.2, 0) is 0 Å². The van der Waals surface area contributed by atoms with E-state index < -0.39 is 0 Å². The largest absolute Gasteiger partial charge is 0.493 e. The summed E-state index contributed by atoms with van der Waals surface area (Å²) in [7, 11) is 0. The van der Waals surface area contributed by atoms with E-state index in [0.717, 1.165) is 42.6 Å². The van der Waals surface area contributed by atoms with Crippen molar-refractivity contribution in [1.29, 1.82) is 0 Å². The van der Waals surface area contributed by atoms with E-state index in [1.165, 1.54) is 16.0 Å². The molecule has 2 amide bonds. The van der Waals surface area contributed by atoms with Crippen LogP contribution in [-0.4, -0.2) is 29.9 Å². The second kappa shape index (κ2) is 11.0. The molecule has 1 heterocycles. The Morgan fingerprint density at radius 1 is 0.500 bits per heavy atom. The van der Waals surface area contributed by atoms with Gasteiger partial charge in [-0.15, -0.1) is 0 Å². The number of ether oxygens (including phenoxy) is 1. The Labute approximate surface area is 212 Å². The van der Waals surface area contributed by atoms with Gasteiger partial charge in [-0.25, -0.2) is 0 Å². The van der Waals surface area contributed by atoms with E-state index in [2.05, 4.69) is 54.6 Å². The Bertz CT molecular complexity index is 1310. The van der Waals surface area contributed by atoms with Gasteiger partial charge in [0.05, 0.1) is 17.7 Å². The zero-order chi connectivity index (χ0) is 24.7. The Morgan fingerprint density at radius 3 is 1.72 bits per heavy atom. The van der Waals surface area contributed by atoms with Gasteiger partial charge in [0.2, 0.25) is 0 Å². The first-order chi connectivity index (χ1) is 17.7. The third-order valence-corrected chi connectivity index (χ3v) is 6.60. The van der Waals surface area contributed by atoms with Crippen molar-refractivity contribution in [2.24, 2.45) is 0 Å². The number of nitrogens with zero attached hydrogens (tertiary/aromatic N) is 1. The lowest BCUT2D eigenvalue weighted by Crippen LogP contribution is -2.30. The van der Waals surface area contributed by atoms with Crippen molar-refractivity contribution in [3.05, 3.63) is 114 Å². The van der Waals surface area contributed by atoms with Crippen LogP contribution >= 0.6 is 0 Å². The number of fused-ring (bicyclic) bond motifs is 1. The molecule has 0 bridgehead atoms. The predicted molar refractivity (Wildman–Crippen MR) is 143 cm³/mol. The second-order valence-corrected chi connectivity index (χ2v) is 9.01. The summed E-state index contributed by atoms with van der Waals surface area (Å²) in [4.78, 5) is 26.3. The fraction of sp³-hybridized carbons (Fsp3) is 0.188. The monoisotopic (exact) mass is 475 g/mol. The van der Waals surface area contributed by atoms with Gasteiger partial charge in [0.15, 0.2) is 0 Å². The number of para-hydroxylation sites is 1. The van der Waals surface area contributed by atoms with E-state index in [-0.39, 0.29) is 11.8 Å². The predicted octanol–water partition coefficient (Wildman–Crippen LogP) is 7.26. The normalized spacial score (nSPS) is 12.6. The summed E-state index contributed by atoms with van der Waals surface area (Å²) < 4.78 is 6.14. The lowest BCUT2D eigenvalue weighted by atomic mass is 10.00. The second-order valence-electron chi connectivity index (χ2n) is 9.01. The smallest absolute Gasteiger partial charge is 0.261 e. The molecule has 0 aliphatic carbocycles. The van der Waals surface area contributed by atoms with Crippen molar-refractivity contribution in [3.8, 4) is 28.0 Å². The molecule has 36 heavy (non-hydrogen) atoms. The molecular formula is C32H29NO3. The van der Waals surface area contributed by atoms with Gasteiger partial charge in [-0.05, 0) is 47.7 Å². The zero-order valence-corrected chi connectivity index (χ0v) is 20.2. The SMILES string of the molecule is O=C1c2ccccc2C(=O)N1CCCCCCOc1ccccc1-c1ccc(-c2ccccc2)cc1. The molecule has 4 aromatic rings. The number of rotatable bonds is 10. The fourth-order valence-electron chi connectivity index (χ4n) is 4.65. The molecule has 0 fully saturated rings.